The lowest BCUT2D eigenvalue weighted by atomic mass is 9.98. The Kier molecular flexibility index (Phi) is 6.06. The number of rotatable bonds is 6. The molecule has 2 aromatic rings. The molecule has 0 heterocycles. The summed E-state index contributed by atoms with van der Waals surface area (Å²) in [5.41, 5.74) is 3.59. The molecule has 0 aliphatic heterocycles. The zero-order valence-electron chi connectivity index (χ0n) is 17.1. The molecular weight excluding hydrogens is 328 g/mol. The molecule has 26 heavy (non-hydrogen) atoms. The zero-order chi connectivity index (χ0) is 19.6. The highest BCUT2D eigenvalue weighted by molar-refractivity contribution is 5.60. The van der Waals surface area contributed by atoms with E-state index in [1.54, 1.807) is 14.2 Å². The first kappa shape index (κ1) is 20.0. The van der Waals surface area contributed by atoms with Crippen LogP contribution in [-0.4, -0.2) is 19.3 Å². The van der Waals surface area contributed by atoms with Crippen molar-refractivity contribution >= 4 is 0 Å². The van der Waals surface area contributed by atoms with Gasteiger partial charge in [-0.2, -0.15) is 0 Å². The summed E-state index contributed by atoms with van der Waals surface area (Å²) in [5, 5.41) is 10.8. The molecule has 0 unspecified atom stereocenters. The molecule has 0 aliphatic rings. The fraction of sp³-hybridized carbons (Fsp3) is 0.455. The number of hydrogen-bond acceptors (Lipinski definition) is 4. The molecule has 0 bridgehead atoms. The summed E-state index contributed by atoms with van der Waals surface area (Å²) in [6.07, 6.45) is 0. The van der Waals surface area contributed by atoms with Gasteiger partial charge in [0.25, 0.3) is 0 Å². The van der Waals surface area contributed by atoms with Gasteiger partial charge in [-0.05, 0) is 49.4 Å². The molecule has 1 N–H and O–H groups in total. The molecule has 2 aromatic carbocycles. The van der Waals surface area contributed by atoms with Gasteiger partial charge in [0.2, 0.25) is 0 Å². The molecule has 0 aromatic heterocycles. The Morgan fingerprint density at radius 3 is 1.81 bits per heavy atom. The average molecular weight is 358 g/mol. The van der Waals surface area contributed by atoms with Crippen LogP contribution in [0.5, 0.6) is 28.7 Å². The molecule has 0 radical (unpaired) electrons. The van der Waals surface area contributed by atoms with Gasteiger partial charge in [0.15, 0.2) is 11.5 Å². The Bertz CT molecular complexity index is 791. The summed E-state index contributed by atoms with van der Waals surface area (Å²) < 4.78 is 17.2. The van der Waals surface area contributed by atoms with Crippen LogP contribution in [0.2, 0.25) is 0 Å². The van der Waals surface area contributed by atoms with Crippen molar-refractivity contribution in [1.82, 2.24) is 0 Å². The number of methoxy groups -OCH3 is 2. The van der Waals surface area contributed by atoms with Crippen LogP contribution in [0, 0.1) is 13.8 Å². The third-order valence-corrected chi connectivity index (χ3v) is 4.69. The highest BCUT2D eigenvalue weighted by Crippen LogP contribution is 2.46. The molecule has 0 saturated carbocycles. The van der Waals surface area contributed by atoms with E-state index in [9.17, 15) is 5.11 Å². The largest absolute Gasteiger partial charge is 0.504 e. The van der Waals surface area contributed by atoms with E-state index < -0.39 is 0 Å². The Hall–Kier alpha value is -2.36. The van der Waals surface area contributed by atoms with Gasteiger partial charge in [-0.1, -0.05) is 27.7 Å². The van der Waals surface area contributed by atoms with Gasteiger partial charge in [0.1, 0.15) is 17.2 Å². The van der Waals surface area contributed by atoms with E-state index in [0.29, 0.717) is 11.5 Å². The van der Waals surface area contributed by atoms with E-state index in [4.69, 9.17) is 14.2 Å². The van der Waals surface area contributed by atoms with Crippen molar-refractivity contribution in [3.05, 3.63) is 40.5 Å². The van der Waals surface area contributed by atoms with E-state index in [1.807, 2.05) is 45.9 Å². The van der Waals surface area contributed by atoms with Gasteiger partial charge < -0.3 is 19.3 Å². The second-order valence-corrected chi connectivity index (χ2v) is 7.24. The van der Waals surface area contributed by atoms with Crippen molar-refractivity contribution in [1.29, 1.82) is 0 Å². The lowest BCUT2D eigenvalue weighted by Gasteiger charge is -2.21. The molecule has 0 amide bonds. The number of aromatic hydroxyl groups is 1. The van der Waals surface area contributed by atoms with Crippen molar-refractivity contribution in [2.75, 3.05) is 14.2 Å². The van der Waals surface area contributed by atoms with E-state index in [1.165, 1.54) is 0 Å². The second-order valence-electron chi connectivity index (χ2n) is 7.24. The summed E-state index contributed by atoms with van der Waals surface area (Å²) in [4.78, 5) is 0. The molecule has 2 rings (SSSR count). The van der Waals surface area contributed by atoms with Crippen molar-refractivity contribution < 1.29 is 19.3 Å². The molecule has 4 heteroatoms. The topological polar surface area (TPSA) is 47.9 Å². The maximum atomic E-state index is 10.8. The number of phenols is 1. The van der Waals surface area contributed by atoms with Crippen LogP contribution in [0.3, 0.4) is 0 Å². The highest BCUT2D eigenvalue weighted by Gasteiger charge is 2.21. The van der Waals surface area contributed by atoms with Gasteiger partial charge in [0, 0.05) is 16.7 Å². The monoisotopic (exact) mass is 358 g/mol. The van der Waals surface area contributed by atoms with E-state index >= 15 is 0 Å². The van der Waals surface area contributed by atoms with Crippen LogP contribution in [-0.2, 0) is 0 Å². The smallest absolute Gasteiger partial charge is 0.175 e. The first-order valence-corrected chi connectivity index (χ1v) is 8.98. The highest BCUT2D eigenvalue weighted by atomic mass is 16.5. The molecule has 142 valence electrons. The molecule has 0 spiro atoms. The van der Waals surface area contributed by atoms with Crippen LogP contribution >= 0.6 is 0 Å². The molecule has 4 nitrogen and oxygen atoms in total. The van der Waals surface area contributed by atoms with Crippen molar-refractivity contribution in [3.63, 3.8) is 0 Å². The zero-order valence-corrected chi connectivity index (χ0v) is 17.1. The SMILES string of the molecule is COc1cc(C(C)C)c(Oc2c(C)c(OC)cc(C(C)C)c2O)cc1C. The lowest BCUT2D eigenvalue weighted by molar-refractivity contribution is 0.377. The normalized spacial score (nSPS) is 11.2. The first-order valence-electron chi connectivity index (χ1n) is 8.98. The van der Waals surface area contributed by atoms with Gasteiger partial charge in [0.05, 0.1) is 14.2 Å². The van der Waals surface area contributed by atoms with Crippen LogP contribution in [0.4, 0.5) is 0 Å². The summed E-state index contributed by atoms with van der Waals surface area (Å²) in [5.74, 6) is 3.26. The Balaban J connectivity index is 2.65. The second kappa shape index (κ2) is 7.90. The maximum Gasteiger partial charge on any atom is 0.175 e. The standard InChI is InChI=1S/C22H30O4/c1-12(2)16-10-18(24-7)14(5)9-20(16)26-22-15(6)19(25-8)11-17(13(3)4)21(22)23/h9-13,23H,1-8H3. The number of phenolic OH excluding ortho intramolecular Hbond substituents is 1. The molecule has 0 fully saturated rings. The fourth-order valence-corrected chi connectivity index (χ4v) is 3.06. The van der Waals surface area contributed by atoms with Crippen molar-refractivity contribution in [2.45, 2.75) is 53.4 Å². The van der Waals surface area contributed by atoms with Gasteiger partial charge in [-0.25, -0.2) is 0 Å². The number of aryl methyl sites for hydroxylation is 1. The summed E-state index contributed by atoms with van der Waals surface area (Å²) in [6.45, 7) is 12.1. The van der Waals surface area contributed by atoms with E-state index in [-0.39, 0.29) is 17.6 Å². The van der Waals surface area contributed by atoms with Crippen LogP contribution < -0.4 is 14.2 Å². The molecule has 0 aliphatic carbocycles. The fourth-order valence-electron chi connectivity index (χ4n) is 3.06. The predicted molar refractivity (Wildman–Crippen MR) is 105 cm³/mol. The van der Waals surface area contributed by atoms with E-state index in [0.717, 1.165) is 33.8 Å². The molecule has 0 atom stereocenters. The maximum absolute atomic E-state index is 10.8. The Morgan fingerprint density at radius 2 is 1.31 bits per heavy atom. The third-order valence-electron chi connectivity index (χ3n) is 4.69. The van der Waals surface area contributed by atoms with Crippen LogP contribution in [0.25, 0.3) is 0 Å². The van der Waals surface area contributed by atoms with E-state index in [2.05, 4.69) is 13.8 Å². The summed E-state index contributed by atoms with van der Waals surface area (Å²) in [7, 11) is 3.30. The number of benzene rings is 2. The van der Waals surface area contributed by atoms with Crippen LogP contribution in [0.15, 0.2) is 18.2 Å². The third kappa shape index (κ3) is 3.74. The Labute approximate surface area is 156 Å². The summed E-state index contributed by atoms with van der Waals surface area (Å²) >= 11 is 0. The molecular formula is C22H30O4. The lowest BCUT2D eigenvalue weighted by Crippen LogP contribution is -2.01. The minimum atomic E-state index is 0.147. The molecule has 0 saturated heterocycles. The quantitative estimate of drug-likeness (QED) is 0.681. The van der Waals surface area contributed by atoms with Crippen molar-refractivity contribution in [2.24, 2.45) is 0 Å². The first-order chi connectivity index (χ1) is 12.2. The average Bonchev–Trinajstić information content (AvgIpc) is 2.58. The van der Waals surface area contributed by atoms with Crippen LogP contribution in [0.1, 0.15) is 61.8 Å². The minimum absolute atomic E-state index is 0.147. The summed E-state index contributed by atoms with van der Waals surface area (Å²) in [6, 6.07) is 5.84. The minimum Gasteiger partial charge on any atom is -0.504 e. The van der Waals surface area contributed by atoms with Gasteiger partial charge in [-0.3, -0.25) is 0 Å². The Morgan fingerprint density at radius 1 is 0.769 bits per heavy atom. The predicted octanol–water partition coefficient (Wildman–Crippen LogP) is 6.07. The van der Waals surface area contributed by atoms with Gasteiger partial charge >= 0.3 is 0 Å². The van der Waals surface area contributed by atoms with Crippen molar-refractivity contribution in [3.8, 4) is 28.7 Å². The number of hydrogen-bond donors (Lipinski definition) is 1. The van der Waals surface area contributed by atoms with Gasteiger partial charge in [-0.15, -0.1) is 0 Å². The number of ether oxygens (including phenoxy) is 3.